The molecule has 0 bridgehead atoms. The maximum absolute atomic E-state index is 12.4. The number of carboxylic acids is 2. The van der Waals surface area contributed by atoms with Crippen LogP contribution >= 0.6 is 0 Å². The average Bonchev–Trinajstić information content (AvgIpc) is 2.75. The third-order valence-corrected chi connectivity index (χ3v) is 5.56. The molecule has 2 atom stereocenters. The second-order valence-electron chi connectivity index (χ2n) is 7.22. The van der Waals surface area contributed by atoms with E-state index in [0.29, 0.717) is 29.8 Å². The van der Waals surface area contributed by atoms with Gasteiger partial charge in [-0.15, -0.1) is 0 Å². The lowest BCUT2D eigenvalue weighted by atomic mass is 9.68. The molecule has 0 saturated carbocycles. The van der Waals surface area contributed by atoms with Crippen molar-refractivity contribution in [3.63, 3.8) is 0 Å². The number of anilines is 2. The van der Waals surface area contributed by atoms with E-state index in [9.17, 15) is 19.8 Å². The standard InChI is InChI=1S/C24H26N2O4/c1-3-18-21(23(29)30)20(25-16-11-7-5-8-12-16)15-19(22(27)28)24(18,4-2)26-17-13-9-6-10-14-17/h5-15,19,25-26H,3-4H2,1-2H3,(H,27,28)(H,29,30). The van der Waals surface area contributed by atoms with Gasteiger partial charge in [0, 0.05) is 11.4 Å². The molecule has 0 heterocycles. The van der Waals surface area contributed by atoms with Crippen LogP contribution in [0.4, 0.5) is 11.4 Å². The van der Waals surface area contributed by atoms with E-state index >= 15 is 0 Å². The Morgan fingerprint density at radius 3 is 1.97 bits per heavy atom. The normalized spacial score (nSPS) is 21.0. The summed E-state index contributed by atoms with van der Waals surface area (Å²) in [6.45, 7) is 3.74. The molecule has 0 saturated heterocycles. The van der Waals surface area contributed by atoms with E-state index in [1.807, 2.05) is 74.5 Å². The second kappa shape index (κ2) is 8.86. The molecular formula is C24H26N2O4. The summed E-state index contributed by atoms with van der Waals surface area (Å²) in [6, 6.07) is 18.4. The van der Waals surface area contributed by atoms with Gasteiger partial charge < -0.3 is 20.8 Å². The highest BCUT2D eigenvalue weighted by Crippen LogP contribution is 2.44. The third kappa shape index (κ3) is 3.94. The van der Waals surface area contributed by atoms with E-state index in [1.165, 1.54) is 6.08 Å². The Kier molecular flexibility index (Phi) is 6.26. The number of rotatable bonds is 8. The first kappa shape index (κ1) is 21.2. The molecule has 6 nitrogen and oxygen atoms in total. The molecule has 30 heavy (non-hydrogen) atoms. The van der Waals surface area contributed by atoms with E-state index in [4.69, 9.17) is 0 Å². The first-order chi connectivity index (χ1) is 14.4. The molecule has 6 heteroatoms. The minimum absolute atomic E-state index is 0.115. The minimum atomic E-state index is -1.09. The lowest BCUT2D eigenvalue weighted by Crippen LogP contribution is -2.52. The van der Waals surface area contributed by atoms with Crippen LogP contribution in [0.2, 0.25) is 0 Å². The van der Waals surface area contributed by atoms with Gasteiger partial charge >= 0.3 is 11.9 Å². The number of aliphatic carboxylic acids is 2. The zero-order valence-corrected chi connectivity index (χ0v) is 17.1. The molecule has 1 aliphatic rings. The zero-order chi connectivity index (χ0) is 21.7. The van der Waals surface area contributed by atoms with Gasteiger partial charge in [0.15, 0.2) is 0 Å². The molecule has 4 N–H and O–H groups in total. The predicted octanol–water partition coefficient (Wildman–Crippen LogP) is 4.75. The summed E-state index contributed by atoms with van der Waals surface area (Å²) in [6.07, 6.45) is 2.33. The van der Waals surface area contributed by atoms with E-state index in [0.717, 1.165) is 5.69 Å². The van der Waals surface area contributed by atoms with E-state index in [1.54, 1.807) is 0 Å². The largest absolute Gasteiger partial charge is 0.481 e. The maximum atomic E-state index is 12.4. The van der Waals surface area contributed by atoms with Gasteiger partial charge in [-0.05, 0) is 48.8 Å². The minimum Gasteiger partial charge on any atom is -0.481 e. The summed E-state index contributed by atoms with van der Waals surface area (Å²) < 4.78 is 0. The van der Waals surface area contributed by atoms with Crippen molar-refractivity contribution >= 4 is 23.3 Å². The van der Waals surface area contributed by atoms with Gasteiger partial charge in [0.25, 0.3) is 0 Å². The van der Waals surface area contributed by atoms with E-state index < -0.39 is 23.4 Å². The Morgan fingerprint density at radius 2 is 1.50 bits per heavy atom. The molecule has 2 unspecified atom stereocenters. The topological polar surface area (TPSA) is 98.7 Å². The van der Waals surface area contributed by atoms with Gasteiger partial charge in [-0.2, -0.15) is 0 Å². The molecule has 1 aliphatic carbocycles. The monoisotopic (exact) mass is 406 g/mol. The van der Waals surface area contributed by atoms with Crippen LogP contribution in [0.25, 0.3) is 0 Å². The van der Waals surface area contributed by atoms with Crippen LogP contribution in [0, 0.1) is 5.92 Å². The average molecular weight is 406 g/mol. The lowest BCUT2D eigenvalue weighted by Gasteiger charge is -2.44. The number of nitrogens with one attached hydrogen (secondary N) is 2. The smallest absolute Gasteiger partial charge is 0.337 e. The van der Waals surface area contributed by atoms with Gasteiger partial charge in [-0.25, -0.2) is 4.79 Å². The first-order valence-corrected chi connectivity index (χ1v) is 10.00. The van der Waals surface area contributed by atoms with Crippen molar-refractivity contribution < 1.29 is 19.8 Å². The molecule has 2 aromatic rings. The second-order valence-corrected chi connectivity index (χ2v) is 7.22. The molecule has 0 aliphatic heterocycles. The van der Waals surface area contributed by atoms with Crippen LogP contribution in [-0.4, -0.2) is 27.7 Å². The van der Waals surface area contributed by atoms with Crippen molar-refractivity contribution in [1.82, 2.24) is 0 Å². The molecule has 156 valence electrons. The van der Waals surface area contributed by atoms with Gasteiger partial charge in [0.05, 0.1) is 16.8 Å². The molecule has 3 rings (SSSR count). The summed E-state index contributed by atoms with van der Waals surface area (Å²) in [5, 5.41) is 26.7. The van der Waals surface area contributed by atoms with Crippen LogP contribution in [0.15, 0.2) is 83.6 Å². The van der Waals surface area contributed by atoms with Crippen molar-refractivity contribution in [2.45, 2.75) is 32.2 Å². The highest BCUT2D eigenvalue weighted by Gasteiger charge is 2.48. The number of hydrogen-bond acceptors (Lipinski definition) is 4. The summed E-state index contributed by atoms with van der Waals surface area (Å²) in [5.41, 5.74) is 1.37. The van der Waals surface area contributed by atoms with E-state index in [2.05, 4.69) is 10.6 Å². The molecule has 0 spiro atoms. The summed E-state index contributed by atoms with van der Waals surface area (Å²) in [5.74, 6) is -3.05. The fourth-order valence-electron chi connectivity index (χ4n) is 4.22. The maximum Gasteiger partial charge on any atom is 0.337 e. The van der Waals surface area contributed by atoms with Crippen molar-refractivity contribution in [1.29, 1.82) is 0 Å². The van der Waals surface area contributed by atoms with Crippen molar-refractivity contribution in [3.8, 4) is 0 Å². The SMILES string of the molecule is CCC1=C(C(=O)O)C(Nc2ccccc2)=CC(C(=O)O)C1(CC)Nc1ccccc1. The van der Waals surface area contributed by atoms with Crippen LogP contribution in [0.5, 0.6) is 0 Å². The van der Waals surface area contributed by atoms with Crippen molar-refractivity contribution in [3.05, 3.63) is 83.6 Å². The lowest BCUT2D eigenvalue weighted by molar-refractivity contribution is -0.142. The molecule has 2 aromatic carbocycles. The van der Waals surface area contributed by atoms with Crippen LogP contribution in [-0.2, 0) is 9.59 Å². The zero-order valence-electron chi connectivity index (χ0n) is 17.1. The fraction of sp³-hybridized carbons (Fsp3) is 0.250. The number of benzene rings is 2. The van der Waals surface area contributed by atoms with Crippen molar-refractivity contribution in [2.24, 2.45) is 5.92 Å². The van der Waals surface area contributed by atoms with Crippen LogP contribution in [0.3, 0.4) is 0 Å². The van der Waals surface area contributed by atoms with Crippen LogP contribution in [0.1, 0.15) is 26.7 Å². The number of hydrogen-bond donors (Lipinski definition) is 4. The molecule has 0 radical (unpaired) electrons. The van der Waals surface area contributed by atoms with Gasteiger partial charge in [0.2, 0.25) is 0 Å². The van der Waals surface area contributed by atoms with Gasteiger partial charge in [0.1, 0.15) is 5.92 Å². The Bertz CT molecular complexity index is 983. The van der Waals surface area contributed by atoms with Gasteiger partial charge in [-0.1, -0.05) is 50.2 Å². The Morgan fingerprint density at radius 1 is 0.933 bits per heavy atom. The predicted molar refractivity (Wildman–Crippen MR) is 117 cm³/mol. The van der Waals surface area contributed by atoms with Gasteiger partial charge in [-0.3, -0.25) is 4.79 Å². The van der Waals surface area contributed by atoms with E-state index in [-0.39, 0.29) is 5.57 Å². The summed E-state index contributed by atoms with van der Waals surface area (Å²) in [7, 11) is 0. The number of para-hydroxylation sites is 2. The molecular weight excluding hydrogens is 380 g/mol. The van der Waals surface area contributed by atoms with Crippen LogP contribution < -0.4 is 10.6 Å². The molecule has 0 aromatic heterocycles. The Hall–Kier alpha value is -3.54. The third-order valence-electron chi connectivity index (χ3n) is 5.56. The molecule has 0 fully saturated rings. The highest BCUT2D eigenvalue weighted by molar-refractivity contribution is 5.96. The Labute approximate surface area is 175 Å². The Balaban J connectivity index is 2.19. The first-order valence-electron chi connectivity index (χ1n) is 10.00. The van der Waals surface area contributed by atoms with Crippen molar-refractivity contribution in [2.75, 3.05) is 10.6 Å². The number of carbonyl (C=O) groups is 2. The molecule has 0 amide bonds. The highest BCUT2D eigenvalue weighted by atomic mass is 16.4. The number of carboxylic acid groups (broad SMARTS) is 2. The summed E-state index contributed by atoms with van der Waals surface area (Å²) >= 11 is 0. The quantitative estimate of drug-likeness (QED) is 0.505. The fourth-order valence-corrected chi connectivity index (χ4v) is 4.22. The summed E-state index contributed by atoms with van der Waals surface area (Å²) in [4.78, 5) is 24.7.